The molecule has 0 aliphatic carbocycles. The van der Waals surface area contributed by atoms with Crippen LogP contribution in [0.1, 0.15) is 17.5 Å². The first-order valence-corrected chi connectivity index (χ1v) is 7.99. The van der Waals surface area contributed by atoms with E-state index in [1.54, 1.807) is 30.3 Å². The molecule has 1 amide bonds. The molecular formula is C18H13Cl2N2NaO3. The summed E-state index contributed by atoms with van der Waals surface area (Å²) in [7, 11) is 0. The normalized spacial score (nSPS) is 10.7. The maximum Gasteiger partial charge on any atom is 1.00 e. The number of aromatic carboxylic acids is 1. The minimum Gasteiger partial charge on any atom is -1.00 e. The standard InChI is InChI=1S/C18H12Cl2N2O3.Na.H/c19-10-8-13(20)16-12(17(18(24)25)22-14(16)9-10)6-7-15(23)21-11-4-2-1-3-5-11;;/h1-9,22H,(H,21,23)(H,24,25);;/q;+1;-1. The van der Waals surface area contributed by atoms with Gasteiger partial charge in [0.05, 0.1) is 5.02 Å². The molecule has 1 heterocycles. The zero-order chi connectivity index (χ0) is 18.0. The van der Waals surface area contributed by atoms with E-state index in [1.165, 1.54) is 18.2 Å². The molecule has 26 heavy (non-hydrogen) atoms. The minimum atomic E-state index is -1.16. The van der Waals surface area contributed by atoms with Crippen LogP contribution in [0, 0.1) is 0 Å². The molecular weight excluding hydrogens is 386 g/mol. The predicted molar refractivity (Wildman–Crippen MR) is 100 cm³/mol. The van der Waals surface area contributed by atoms with Gasteiger partial charge in [-0.1, -0.05) is 41.4 Å². The number of carboxylic acids is 1. The van der Waals surface area contributed by atoms with Crippen molar-refractivity contribution in [2.45, 2.75) is 0 Å². The Labute approximate surface area is 182 Å². The Morgan fingerprint density at radius 3 is 2.50 bits per heavy atom. The van der Waals surface area contributed by atoms with Crippen molar-refractivity contribution in [2.75, 3.05) is 5.32 Å². The van der Waals surface area contributed by atoms with Crippen LogP contribution >= 0.6 is 23.2 Å². The van der Waals surface area contributed by atoms with Crippen molar-refractivity contribution in [1.29, 1.82) is 0 Å². The molecule has 0 aliphatic heterocycles. The molecule has 2 aromatic carbocycles. The van der Waals surface area contributed by atoms with Crippen molar-refractivity contribution in [3.8, 4) is 0 Å². The number of hydrogen-bond acceptors (Lipinski definition) is 2. The number of rotatable bonds is 4. The van der Waals surface area contributed by atoms with Crippen molar-refractivity contribution in [3.05, 3.63) is 69.8 Å². The van der Waals surface area contributed by atoms with Crippen molar-refractivity contribution in [3.63, 3.8) is 0 Å². The summed E-state index contributed by atoms with van der Waals surface area (Å²) in [5.41, 5.74) is 1.37. The number of H-pyrrole nitrogens is 1. The van der Waals surface area contributed by atoms with E-state index in [9.17, 15) is 14.7 Å². The average molecular weight is 399 g/mol. The van der Waals surface area contributed by atoms with Crippen LogP contribution in [-0.2, 0) is 4.79 Å². The molecule has 0 saturated heterocycles. The molecule has 5 nitrogen and oxygen atoms in total. The Kier molecular flexibility index (Phi) is 6.92. The molecule has 0 spiro atoms. The second-order valence-corrected chi connectivity index (χ2v) is 6.06. The van der Waals surface area contributed by atoms with E-state index >= 15 is 0 Å². The van der Waals surface area contributed by atoms with Crippen molar-refractivity contribution >= 4 is 57.7 Å². The van der Waals surface area contributed by atoms with Gasteiger partial charge in [0.15, 0.2) is 0 Å². The van der Waals surface area contributed by atoms with Crippen LogP contribution in [0.3, 0.4) is 0 Å². The van der Waals surface area contributed by atoms with Gasteiger partial charge in [-0.3, -0.25) is 4.79 Å². The molecule has 0 bridgehead atoms. The molecule has 3 N–H and O–H groups in total. The Morgan fingerprint density at radius 1 is 1.15 bits per heavy atom. The van der Waals surface area contributed by atoms with Crippen molar-refractivity contribution < 1.29 is 45.7 Å². The van der Waals surface area contributed by atoms with Crippen LogP contribution < -0.4 is 34.9 Å². The Balaban J connectivity index is 0.00000182. The number of carbonyl (C=O) groups excluding carboxylic acids is 1. The number of aromatic nitrogens is 1. The first kappa shape index (κ1) is 20.6. The van der Waals surface area contributed by atoms with Crippen molar-refractivity contribution in [2.24, 2.45) is 0 Å². The summed E-state index contributed by atoms with van der Waals surface area (Å²) >= 11 is 12.1. The fraction of sp³-hybridized carbons (Fsp3) is 0. The number of fused-ring (bicyclic) bond motifs is 1. The summed E-state index contributed by atoms with van der Waals surface area (Å²) in [5, 5.41) is 13.2. The van der Waals surface area contributed by atoms with Gasteiger partial charge in [0.2, 0.25) is 5.91 Å². The van der Waals surface area contributed by atoms with Gasteiger partial charge >= 0.3 is 35.5 Å². The van der Waals surface area contributed by atoms with Crippen LogP contribution in [-0.4, -0.2) is 22.0 Å². The number of amides is 1. The summed E-state index contributed by atoms with van der Waals surface area (Å²) < 4.78 is 0. The topological polar surface area (TPSA) is 82.2 Å². The van der Waals surface area contributed by atoms with Crippen LogP contribution in [0.4, 0.5) is 5.69 Å². The fourth-order valence-electron chi connectivity index (χ4n) is 2.47. The SMILES string of the molecule is O=C(C=Cc1c(C(=O)O)[nH]c2cc(Cl)cc(Cl)c12)Nc1ccccc1.[H-].[Na+]. The Morgan fingerprint density at radius 2 is 1.85 bits per heavy atom. The van der Waals surface area contributed by atoms with Gasteiger partial charge in [-0.15, -0.1) is 0 Å². The molecule has 0 saturated carbocycles. The Hall–Kier alpha value is -1.76. The van der Waals surface area contributed by atoms with E-state index in [-0.39, 0.29) is 42.6 Å². The summed E-state index contributed by atoms with van der Waals surface area (Å²) in [6.45, 7) is 0. The van der Waals surface area contributed by atoms with Gasteiger partial charge in [-0.05, 0) is 30.3 Å². The molecule has 0 radical (unpaired) electrons. The largest absolute Gasteiger partial charge is 1.00 e. The van der Waals surface area contributed by atoms with Crippen LogP contribution in [0.15, 0.2) is 48.5 Å². The zero-order valence-electron chi connectivity index (χ0n) is 14.7. The number of hydrogen-bond donors (Lipinski definition) is 3. The van der Waals surface area contributed by atoms with Crippen LogP contribution in [0.2, 0.25) is 10.0 Å². The number of anilines is 1. The van der Waals surface area contributed by atoms with Crippen LogP contribution in [0.25, 0.3) is 17.0 Å². The van der Waals surface area contributed by atoms with E-state index in [4.69, 9.17) is 23.2 Å². The number of nitrogens with one attached hydrogen (secondary N) is 2. The second kappa shape index (κ2) is 8.75. The van der Waals surface area contributed by atoms with E-state index in [0.717, 1.165) is 0 Å². The predicted octanol–water partition coefficient (Wildman–Crippen LogP) is 1.94. The smallest absolute Gasteiger partial charge is 1.00 e. The van der Waals surface area contributed by atoms with Crippen LogP contribution in [0.5, 0.6) is 0 Å². The van der Waals surface area contributed by atoms with Gasteiger partial charge in [0.25, 0.3) is 0 Å². The Bertz CT molecular complexity index is 1010. The number of carboxylic acid groups (broad SMARTS) is 1. The van der Waals surface area contributed by atoms with E-state index in [2.05, 4.69) is 10.3 Å². The molecule has 0 unspecified atom stereocenters. The summed E-state index contributed by atoms with van der Waals surface area (Å²) in [6, 6.07) is 12.0. The molecule has 128 valence electrons. The van der Waals surface area contributed by atoms with E-state index in [1.807, 2.05) is 6.07 Å². The van der Waals surface area contributed by atoms with Gasteiger partial charge < -0.3 is 16.8 Å². The molecule has 0 aliphatic rings. The van der Waals surface area contributed by atoms with Gasteiger partial charge in [-0.25, -0.2) is 4.79 Å². The van der Waals surface area contributed by atoms with E-state index in [0.29, 0.717) is 32.2 Å². The third kappa shape index (κ3) is 4.50. The molecule has 0 fully saturated rings. The zero-order valence-corrected chi connectivity index (χ0v) is 17.2. The quantitative estimate of drug-likeness (QED) is 0.463. The summed E-state index contributed by atoms with van der Waals surface area (Å²) in [4.78, 5) is 26.3. The maximum atomic E-state index is 12.1. The molecule has 8 heteroatoms. The van der Waals surface area contributed by atoms with E-state index < -0.39 is 5.97 Å². The third-order valence-electron chi connectivity index (χ3n) is 3.51. The second-order valence-electron chi connectivity index (χ2n) is 5.22. The molecule has 1 aromatic heterocycles. The fourth-order valence-corrected chi connectivity index (χ4v) is 3.07. The first-order valence-electron chi connectivity index (χ1n) is 7.24. The van der Waals surface area contributed by atoms with Gasteiger partial charge in [-0.2, -0.15) is 0 Å². The molecule has 0 atom stereocenters. The number of benzene rings is 2. The maximum absolute atomic E-state index is 12.1. The third-order valence-corrected chi connectivity index (χ3v) is 4.03. The minimum absolute atomic E-state index is 0. The van der Waals surface area contributed by atoms with Gasteiger partial charge in [0, 0.05) is 33.3 Å². The monoisotopic (exact) mass is 398 g/mol. The van der Waals surface area contributed by atoms with Gasteiger partial charge in [0.1, 0.15) is 5.69 Å². The number of carbonyl (C=O) groups is 2. The summed E-state index contributed by atoms with van der Waals surface area (Å²) in [5.74, 6) is -1.55. The average Bonchev–Trinajstić information content (AvgIpc) is 2.93. The van der Waals surface area contributed by atoms with Crippen molar-refractivity contribution in [1.82, 2.24) is 4.98 Å². The molecule has 3 rings (SSSR count). The molecule has 3 aromatic rings. The first-order chi connectivity index (χ1) is 12.0. The number of para-hydroxylation sites is 1. The number of aromatic amines is 1. The summed E-state index contributed by atoms with van der Waals surface area (Å²) in [6.07, 6.45) is 2.67. The number of halogens is 2.